The molecule has 2 N–H and O–H groups in total. The van der Waals surface area contributed by atoms with Gasteiger partial charge >= 0.3 is 0 Å². The fourth-order valence-corrected chi connectivity index (χ4v) is 4.70. The number of nitrogens with one attached hydrogen (secondary N) is 2. The SMILES string of the molecule is CCNC(=NCc1ccc2ccccc2c1)NC1CCN(C2CCCC2)CC1. The number of hydrogen-bond acceptors (Lipinski definition) is 2. The molecule has 0 aromatic heterocycles. The maximum absolute atomic E-state index is 4.86. The number of piperidine rings is 1. The molecule has 0 unspecified atom stereocenters. The van der Waals surface area contributed by atoms with E-state index in [0.29, 0.717) is 12.6 Å². The summed E-state index contributed by atoms with van der Waals surface area (Å²) in [5.41, 5.74) is 1.26. The molecule has 4 heteroatoms. The van der Waals surface area contributed by atoms with Crippen LogP contribution in [0.25, 0.3) is 10.8 Å². The zero-order chi connectivity index (χ0) is 19.2. The van der Waals surface area contributed by atoms with Crippen molar-refractivity contribution in [2.24, 2.45) is 4.99 Å². The summed E-state index contributed by atoms with van der Waals surface area (Å²) in [5.74, 6) is 0.954. The van der Waals surface area contributed by atoms with Gasteiger partial charge in [0.2, 0.25) is 0 Å². The lowest BCUT2D eigenvalue weighted by atomic mass is 10.0. The molecule has 1 saturated heterocycles. The van der Waals surface area contributed by atoms with Gasteiger partial charge in [-0.2, -0.15) is 0 Å². The lowest BCUT2D eigenvalue weighted by Crippen LogP contribution is -2.50. The largest absolute Gasteiger partial charge is 0.357 e. The quantitative estimate of drug-likeness (QED) is 0.602. The lowest BCUT2D eigenvalue weighted by Gasteiger charge is -2.36. The first-order valence-corrected chi connectivity index (χ1v) is 11.1. The van der Waals surface area contributed by atoms with Gasteiger partial charge < -0.3 is 15.5 Å². The minimum absolute atomic E-state index is 0.534. The van der Waals surface area contributed by atoms with Gasteiger partial charge in [0, 0.05) is 31.7 Å². The molecule has 1 aliphatic heterocycles. The van der Waals surface area contributed by atoms with Gasteiger partial charge in [-0.1, -0.05) is 49.2 Å². The highest BCUT2D eigenvalue weighted by molar-refractivity contribution is 5.83. The molecule has 0 spiro atoms. The fraction of sp³-hybridized carbons (Fsp3) is 0.542. The van der Waals surface area contributed by atoms with Crippen LogP contribution in [-0.4, -0.2) is 42.6 Å². The smallest absolute Gasteiger partial charge is 0.191 e. The molecular weight excluding hydrogens is 344 g/mol. The second-order valence-corrected chi connectivity index (χ2v) is 8.27. The van der Waals surface area contributed by atoms with Crippen LogP contribution in [0.2, 0.25) is 0 Å². The van der Waals surface area contributed by atoms with Crippen LogP contribution in [0.5, 0.6) is 0 Å². The molecular formula is C24H34N4. The average molecular weight is 379 g/mol. The zero-order valence-corrected chi connectivity index (χ0v) is 17.2. The predicted molar refractivity (Wildman–Crippen MR) is 119 cm³/mol. The van der Waals surface area contributed by atoms with E-state index in [4.69, 9.17) is 4.99 Å². The summed E-state index contributed by atoms with van der Waals surface area (Å²) in [7, 11) is 0. The molecule has 0 bridgehead atoms. The molecule has 4 nitrogen and oxygen atoms in total. The molecule has 28 heavy (non-hydrogen) atoms. The molecule has 1 heterocycles. The first-order valence-electron chi connectivity index (χ1n) is 11.1. The first kappa shape index (κ1) is 19.3. The van der Waals surface area contributed by atoms with E-state index < -0.39 is 0 Å². The van der Waals surface area contributed by atoms with Crippen molar-refractivity contribution in [3.05, 3.63) is 48.0 Å². The van der Waals surface area contributed by atoms with Gasteiger partial charge in [0.1, 0.15) is 0 Å². The summed E-state index contributed by atoms with van der Waals surface area (Å²) >= 11 is 0. The number of hydrogen-bond donors (Lipinski definition) is 2. The van der Waals surface area contributed by atoms with E-state index in [1.165, 1.54) is 68.0 Å². The van der Waals surface area contributed by atoms with Crippen molar-refractivity contribution < 1.29 is 0 Å². The van der Waals surface area contributed by atoms with Gasteiger partial charge in [0.05, 0.1) is 6.54 Å². The third-order valence-corrected chi connectivity index (χ3v) is 6.29. The van der Waals surface area contributed by atoms with Crippen LogP contribution in [0, 0.1) is 0 Å². The van der Waals surface area contributed by atoms with Crippen molar-refractivity contribution in [3.63, 3.8) is 0 Å². The van der Waals surface area contributed by atoms with Crippen LogP contribution in [-0.2, 0) is 6.54 Å². The summed E-state index contributed by atoms with van der Waals surface area (Å²) in [4.78, 5) is 7.59. The van der Waals surface area contributed by atoms with Crippen molar-refractivity contribution in [1.29, 1.82) is 0 Å². The maximum atomic E-state index is 4.86. The molecule has 2 aromatic rings. The van der Waals surface area contributed by atoms with Crippen molar-refractivity contribution in [1.82, 2.24) is 15.5 Å². The maximum Gasteiger partial charge on any atom is 0.191 e. The van der Waals surface area contributed by atoms with Crippen molar-refractivity contribution in [2.75, 3.05) is 19.6 Å². The predicted octanol–water partition coefficient (Wildman–Crippen LogP) is 4.30. The van der Waals surface area contributed by atoms with Gasteiger partial charge in [-0.15, -0.1) is 0 Å². The van der Waals surface area contributed by atoms with E-state index in [1.807, 2.05) is 0 Å². The van der Waals surface area contributed by atoms with E-state index in [0.717, 1.165) is 18.5 Å². The van der Waals surface area contributed by atoms with Gasteiger partial charge in [-0.05, 0) is 55.0 Å². The zero-order valence-electron chi connectivity index (χ0n) is 17.2. The Balaban J connectivity index is 1.34. The monoisotopic (exact) mass is 378 g/mol. The Morgan fingerprint density at radius 2 is 1.75 bits per heavy atom. The summed E-state index contributed by atoms with van der Waals surface area (Å²) in [6.45, 7) is 6.19. The number of likely N-dealkylation sites (tertiary alicyclic amines) is 1. The Labute approximate surface area is 169 Å². The van der Waals surface area contributed by atoms with Crippen LogP contribution >= 0.6 is 0 Å². The summed E-state index contributed by atoms with van der Waals surface area (Å²) in [5, 5.41) is 9.69. The van der Waals surface area contributed by atoms with Crippen molar-refractivity contribution in [2.45, 2.75) is 64.1 Å². The molecule has 2 aromatic carbocycles. The van der Waals surface area contributed by atoms with Crippen molar-refractivity contribution in [3.8, 4) is 0 Å². The Kier molecular flexibility index (Phi) is 6.48. The highest BCUT2D eigenvalue weighted by Crippen LogP contribution is 2.26. The number of nitrogens with zero attached hydrogens (tertiary/aromatic N) is 2. The highest BCUT2D eigenvalue weighted by atomic mass is 15.2. The minimum Gasteiger partial charge on any atom is -0.357 e. The third kappa shape index (κ3) is 4.85. The minimum atomic E-state index is 0.534. The highest BCUT2D eigenvalue weighted by Gasteiger charge is 2.27. The molecule has 0 amide bonds. The average Bonchev–Trinajstić information content (AvgIpc) is 3.27. The van der Waals surface area contributed by atoms with E-state index >= 15 is 0 Å². The number of fused-ring (bicyclic) bond motifs is 1. The van der Waals surface area contributed by atoms with E-state index in [-0.39, 0.29) is 0 Å². The normalized spacial score (nSPS) is 20.0. The number of rotatable bonds is 5. The lowest BCUT2D eigenvalue weighted by molar-refractivity contribution is 0.150. The van der Waals surface area contributed by atoms with E-state index in [9.17, 15) is 0 Å². The van der Waals surface area contributed by atoms with Crippen LogP contribution < -0.4 is 10.6 Å². The Hall–Kier alpha value is -2.07. The van der Waals surface area contributed by atoms with Crippen molar-refractivity contribution >= 4 is 16.7 Å². The summed E-state index contributed by atoms with van der Waals surface area (Å²) in [6, 6.07) is 16.5. The molecule has 0 radical (unpaired) electrons. The first-order chi connectivity index (χ1) is 13.8. The molecule has 4 rings (SSSR count). The Bertz CT molecular complexity index is 786. The molecule has 150 valence electrons. The molecule has 1 saturated carbocycles. The van der Waals surface area contributed by atoms with Crippen LogP contribution in [0.1, 0.15) is 51.0 Å². The van der Waals surface area contributed by atoms with Gasteiger partial charge in [-0.3, -0.25) is 0 Å². The van der Waals surface area contributed by atoms with Crippen LogP contribution in [0.15, 0.2) is 47.5 Å². The molecule has 2 aliphatic rings. The second-order valence-electron chi connectivity index (χ2n) is 8.27. The summed E-state index contributed by atoms with van der Waals surface area (Å²) in [6.07, 6.45) is 8.11. The molecule has 2 fully saturated rings. The topological polar surface area (TPSA) is 39.7 Å². The summed E-state index contributed by atoms with van der Waals surface area (Å²) < 4.78 is 0. The van der Waals surface area contributed by atoms with Gasteiger partial charge in [-0.25, -0.2) is 4.99 Å². The molecule has 1 aliphatic carbocycles. The van der Waals surface area contributed by atoms with Crippen LogP contribution in [0.4, 0.5) is 0 Å². The van der Waals surface area contributed by atoms with Crippen LogP contribution in [0.3, 0.4) is 0 Å². The molecule has 0 atom stereocenters. The third-order valence-electron chi connectivity index (χ3n) is 6.29. The van der Waals surface area contributed by atoms with Gasteiger partial charge in [0.25, 0.3) is 0 Å². The Morgan fingerprint density at radius 3 is 2.50 bits per heavy atom. The fourth-order valence-electron chi connectivity index (χ4n) is 4.70. The van der Waals surface area contributed by atoms with Gasteiger partial charge in [0.15, 0.2) is 5.96 Å². The number of benzene rings is 2. The standard InChI is InChI=1S/C24H34N4/c1-2-25-24(26-18-19-11-12-20-7-3-4-8-21(20)17-19)27-22-13-15-28(16-14-22)23-9-5-6-10-23/h3-4,7-8,11-12,17,22-23H,2,5-6,9-10,13-16,18H2,1H3,(H2,25,26,27). The Morgan fingerprint density at radius 1 is 1.00 bits per heavy atom. The second kappa shape index (κ2) is 9.42. The number of aliphatic imine (C=N–C) groups is 1. The number of guanidine groups is 1. The van der Waals surface area contributed by atoms with E-state index in [1.54, 1.807) is 0 Å². The van der Waals surface area contributed by atoms with E-state index in [2.05, 4.69) is 64.9 Å².